The number of benzene rings is 1. The highest BCUT2D eigenvalue weighted by molar-refractivity contribution is 5.81. The van der Waals surface area contributed by atoms with Crippen LogP contribution in [0.2, 0.25) is 0 Å². The van der Waals surface area contributed by atoms with Crippen molar-refractivity contribution in [3.8, 4) is 11.5 Å². The molecule has 1 aliphatic rings. The van der Waals surface area contributed by atoms with Crippen LogP contribution in [0.25, 0.3) is 0 Å². The smallest absolute Gasteiger partial charge is 0.350 e. The first-order chi connectivity index (χ1) is 12.3. The Morgan fingerprint density at radius 3 is 2.46 bits per heavy atom. The molecule has 5 heteroatoms. The molecule has 0 N–H and O–H groups in total. The first-order valence-electron chi connectivity index (χ1n) is 9.38. The van der Waals surface area contributed by atoms with Crippen LogP contribution in [-0.4, -0.2) is 32.1 Å². The van der Waals surface area contributed by atoms with Crippen molar-refractivity contribution in [3.63, 3.8) is 0 Å². The van der Waals surface area contributed by atoms with Gasteiger partial charge in [0.05, 0.1) is 6.61 Å². The van der Waals surface area contributed by atoms with Crippen molar-refractivity contribution in [1.29, 1.82) is 0 Å². The molecule has 1 heterocycles. The van der Waals surface area contributed by atoms with Gasteiger partial charge in [-0.2, -0.15) is 0 Å². The Morgan fingerprint density at radius 2 is 1.88 bits per heavy atom. The lowest BCUT2D eigenvalue weighted by molar-refractivity contribution is -0.165. The van der Waals surface area contributed by atoms with E-state index in [2.05, 4.69) is 13.8 Å². The van der Waals surface area contributed by atoms with Crippen LogP contribution in [0.4, 0.5) is 0 Å². The van der Waals surface area contributed by atoms with E-state index in [0.29, 0.717) is 25.4 Å². The molecule has 1 aromatic carbocycles. The maximum Gasteiger partial charge on any atom is 0.350 e. The van der Waals surface area contributed by atoms with Crippen LogP contribution >= 0.6 is 0 Å². The lowest BCUT2D eigenvalue weighted by Crippen LogP contribution is -2.49. The summed E-state index contributed by atoms with van der Waals surface area (Å²) in [7, 11) is 1.61. The molecule has 1 atom stereocenters. The summed E-state index contributed by atoms with van der Waals surface area (Å²) in [6.45, 7) is 12.7. The number of fused-ring (bicyclic) bond motifs is 1. The molecule has 0 spiro atoms. The molecule has 5 nitrogen and oxygen atoms in total. The second-order valence-electron chi connectivity index (χ2n) is 7.48. The van der Waals surface area contributed by atoms with Crippen LogP contribution < -0.4 is 9.47 Å². The normalized spacial score (nSPS) is 19.1. The fraction of sp³-hybridized carbons (Fsp3) is 0.667. The van der Waals surface area contributed by atoms with Gasteiger partial charge < -0.3 is 18.9 Å². The average Bonchev–Trinajstić information content (AvgIpc) is 2.59. The average molecular weight is 364 g/mol. The number of esters is 1. The molecule has 0 amide bonds. The van der Waals surface area contributed by atoms with Crippen LogP contribution in [0.15, 0.2) is 0 Å². The zero-order chi connectivity index (χ0) is 19.5. The summed E-state index contributed by atoms with van der Waals surface area (Å²) >= 11 is 0. The first kappa shape index (κ1) is 20.6. The van der Waals surface area contributed by atoms with Crippen LogP contribution in [0.5, 0.6) is 11.5 Å². The predicted octanol–water partition coefficient (Wildman–Crippen LogP) is 4.27. The van der Waals surface area contributed by atoms with Crippen molar-refractivity contribution < 1.29 is 23.7 Å². The Labute approximate surface area is 157 Å². The zero-order valence-corrected chi connectivity index (χ0v) is 17.2. The van der Waals surface area contributed by atoms with Crippen LogP contribution in [0, 0.1) is 26.7 Å². The van der Waals surface area contributed by atoms with Crippen LogP contribution in [0.1, 0.15) is 55.9 Å². The fourth-order valence-corrected chi connectivity index (χ4v) is 3.80. The van der Waals surface area contributed by atoms with Gasteiger partial charge in [0.15, 0.2) is 6.79 Å². The molecule has 0 aliphatic carbocycles. The predicted molar refractivity (Wildman–Crippen MR) is 101 cm³/mol. The Morgan fingerprint density at radius 1 is 1.19 bits per heavy atom. The molecule has 1 unspecified atom stereocenters. The molecule has 0 bridgehead atoms. The van der Waals surface area contributed by atoms with Gasteiger partial charge in [0, 0.05) is 25.5 Å². The first-order valence-corrected chi connectivity index (χ1v) is 9.38. The van der Waals surface area contributed by atoms with Crippen molar-refractivity contribution in [2.24, 2.45) is 5.92 Å². The zero-order valence-electron chi connectivity index (χ0n) is 17.2. The van der Waals surface area contributed by atoms with Crippen molar-refractivity contribution in [2.75, 3.05) is 20.5 Å². The minimum atomic E-state index is -0.907. The minimum Gasteiger partial charge on any atom is -0.475 e. The largest absolute Gasteiger partial charge is 0.475 e. The van der Waals surface area contributed by atoms with E-state index < -0.39 is 5.60 Å². The third-order valence-corrected chi connectivity index (χ3v) is 5.09. The molecule has 0 fully saturated rings. The van der Waals surface area contributed by atoms with Gasteiger partial charge in [-0.25, -0.2) is 4.79 Å². The Balaban J connectivity index is 2.49. The summed E-state index contributed by atoms with van der Waals surface area (Å²) in [6.07, 6.45) is 2.02. The van der Waals surface area contributed by atoms with Crippen molar-refractivity contribution in [3.05, 3.63) is 22.3 Å². The number of carbonyl (C=O) groups excluding carboxylic acids is 1. The molecule has 0 radical (unpaired) electrons. The van der Waals surface area contributed by atoms with Gasteiger partial charge in [0.2, 0.25) is 5.60 Å². The molecule has 1 aliphatic heterocycles. The fourth-order valence-electron chi connectivity index (χ4n) is 3.80. The minimum absolute atomic E-state index is 0.209. The molecular formula is C21H32O5. The molecule has 26 heavy (non-hydrogen) atoms. The third kappa shape index (κ3) is 3.83. The maximum atomic E-state index is 12.8. The second kappa shape index (κ2) is 8.30. The van der Waals surface area contributed by atoms with Gasteiger partial charge in [0.25, 0.3) is 0 Å². The van der Waals surface area contributed by atoms with Gasteiger partial charge in [-0.15, -0.1) is 0 Å². The van der Waals surface area contributed by atoms with Crippen molar-refractivity contribution in [1.82, 2.24) is 0 Å². The molecule has 2 rings (SSSR count). The number of hydrogen-bond donors (Lipinski definition) is 0. The van der Waals surface area contributed by atoms with Crippen molar-refractivity contribution >= 4 is 5.97 Å². The Hall–Kier alpha value is -1.75. The number of ether oxygens (including phenoxy) is 4. The topological polar surface area (TPSA) is 54.0 Å². The summed E-state index contributed by atoms with van der Waals surface area (Å²) in [4.78, 5) is 12.8. The van der Waals surface area contributed by atoms with E-state index in [1.165, 1.54) is 0 Å². The molecule has 0 saturated carbocycles. The summed E-state index contributed by atoms with van der Waals surface area (Å²) in [5.41, 5.74) is 3.29. The number of rotatable bonds is 7. The summed E-state index contributed by atoms with van der Waals surface area (Å²) < 4.78 is 22.7. The Bertz CT molecular complexity index is 665. The highest BCUT2D eigenvalue weighted by atomic mass is 16.7. The van der Waals surface area contributed by atoms with E-state index in [4.69, 9.17) is 18.9 Å². The Kier molecular flexibility index (Phi) is 6.56. The molecule has 0 aromatic heterocycles. The van der Waals surface area contributed by atoms with E-state index in [-0.39, 0.29) is 12.8 Å². The van der Waals surface area contributed by atoms with Crippen LogP contribution in [0.3, 0.4) is 0 Å². The number of hydrogen-bond acceptors (Lipinski definition) is 5. The number of carbonyl (C=O) groups is 1. The lowest BCUT2D eigenvalue weighted by Gasteiger charge is -2.39. The summed E-state index contributed by atoms with van der Waals surface area (Å²) in [6, 6.07) is 0. The molecule has 146 valence electrons. The van der Waals surface area contributed by atoms with Crippen LogP contribution in [-0.2, 0) is 20.7 Å². The van der Waals surface area contributed by atoms with Gasteiger partial charge >= 0.3 is 5.97 Å². The monoisotopic (exact) mass is 364 g/mol. The summed E-state index contributed by atoms with van der Waals surface area (Å²) in [5, 5.41) is 0. The van der Waals surface area contributed by atoms with Crippen molar-refractivity contribution in [2.45, 2.75) is 66.4 Å². The molecule has 0 saturated heterocycles. The molecule has 1 aromatic rings. The number of methoxy groups -OCH3 is 1. The highest BCUT2D eigenvalue weighted by Gasteiger charge is 2.46. The van der Waals surface area contributed by atoms with Gasteiger partial charge in [-0.05, 0) is 56.7 Å². The van der Waals surface area contributed by atoms with E-state index in [9.17, 15) is 4.79 Å². The second-order valence-corrected chi connectivity index (χ2v) is 7.48. The SMILES string of the molecule is CCOC(=O)C1(CC(C)C)CCc2c(C)c(OCOC)c(C)c(C)c2O1. The summed E-state index contributed by atoms with van der Waals surface area (Å²) in [5.74, 6) is 1.73. The maximum absolute atomic E-state index is 12.8. The van der Waals surface area contributed by atoms with E-state index >= 15 is 0 Å². The van der Waals surface area contributed by atoms with E-state index in [0.717, 1.165) is 40.2 Å². The lowest BCUT2D eigenvalue weighted by atomic mass is 9.82. The van der Waals surface area contributed by atoms with Gasteiger partial charge in [-0.1, -0.05) is 13.8 Å². The van der Waals surface area contributed by atoms with Gasteiger partial charge in [-0.3, -0.25) is 0 Å². The highest BCUT2D eigenvalue weighted by Crippen LogP contribution is 2.45. The molecular weight excluding hydrogens is 332 g/mol. The van der Waals surface area contributed by atoms with E-state index in [1.807, 2.05) is 27.7 Å². The van der Waals surface area contributed by atoms with E-state index in [1.54, 1.807) is 7.11 Å². The quantitative estimate of drug-likeness (QED) is 0.534. The van der Waals surface area contributed by atoms with Gasteiger partial charge in [0.1, 0.15) is 11.5 Å². The standard InChI is InChI=1S/C21H32O5/c1-8-24-20(22)21(11-13(2)3)10-9-17-16(6)18(25-12-23-7)14(4)15(5)19(17)26-21/h13H,8-12H2,1-7H3. The third-order valence-electron chi connectivity index (χ3n) is 5.09.